The molecule has 3 N–H and O–H groups in total. The zero-order chi connectivity index (χ0) is 16.2. The van der Waals surface area contributed by atoms with Gasteiger partial charge in [0, 0.05) is 42.6 Å². The summed E-state index contributed by atoms with van der Waals surface area (Å²) in [5.41, 5.74) is 6.05. The number of anilines is 1. The summed E-state index contributed by atoms with van der Waals surface area (Å²) in [6, 6.07) is 3.59. The first-order chi connectivity index (χ1) is 11.1. The third kappa shape index (κ3) is 4.14. The van der Waals surface area contributed by atoms with Crippen LogP contribution in [0.15, 0.2) is 28.7 Å². The van der Waals surface area contributed by atoms with Crippen LogP contribution >= 0.6 is 34.3 Å². The molecule has 0 spiro atoms. The second kappa shape index (κ2) is 7.48. The first kappa shape index (κ1) is 16.5. The lowest BCUT2D eigenvalue weighted by Gasteiger charge is -2.35. The maximum Gasteiger partial charge on any atom is 0.191 e. The van der Waals surface area contributed by atoms with E-state index in [1.54, 1.807) is 17.4 Å². The molecule has 0 aliphatic carbocycles. The van der Waals surface area contributed by atoms with Crippen LogP contribution in [0.4, 0.5) is 5.13 Å². The highest BCUT2D eigenvalue weighted by Gasteiger charge is 2.20. The Balaban J connectivity index is 1.51. The fourth-order valence-electron chi connectivity index (χ4n) is 2.38. The van der Waals surface area contributed by atoms with Gasteiger partial charge in [-0.25, -0.2) is 4.98 Å². The monoisotopic (exact) mass is 371 g/mol. The van der Waals surface area contributed by atoms with Crippen molar-refractivity contribution in [1.29, 1.82) is 0 Å². The third-order valence-electron chi connectivity index (χ3n) is 3.64. The zero-order valence-electron chi connectivity index (χ0n) is 12.4. The molecular formula is C14H18ClN5OS2. The van der Waals surface area contributed by atoms with Gasteiger partial charge in [-0.2, -0.15) is 0 Å². The van der Waals surface area contributed by atoms with E-state index >= 15 is 0 Å². The Kier molecular flexibility index (Phi) is 5.37. The van der Waals surface area contributed by atoms with Crippen molar-refractivity contribution in [2.24, 2.45) is 10.7 Å². The van der Waals surface area contributed by atoms with E-state index in [2.05, 4.69) is 14.9 Å². The van der Waals surface area contributed by atoms with Gasteiger partial charge in [-0.05, 0) is 12.1 Å². The first-order valence-corrected chi connectivity index (χ1v) is 9.33. The molecule has 1 unspecified atom stereocenters. The number of aliphatic hydroxyl groups excluding tert-OH is 1. The number of nitrogens with two attached hydrogens (primary N) is 1. The van der Waals surface area contributed by atoms with Crippen molar-refractivity contribution in [3.05, 3.63) is 32.9 Å². The molecule has 6 nitrogen and oxygen atoms in total. The van der Waals surface area contributed by atoms with Gasteiger partial charge < -0.3 is 20.6 Å². The van der Waals surface area contributed by atoms with E-state index in [1.807, 2.05) is 22.5 Å². The normalized spacial score (nSPS) is 17.6. The number of guanidine groups is 1. The van der Waals surface area contributed by atoms with Crippen molar-refractivity contribution in [3.63, 3.8) is 0 Å². The summed E-state index contributed by atoms with van der Waals surface area (Å²) in [5.74, 6) is 0.477. The summed E-state index contributed by atoms with van der Waals surface area (Å²) in [6.45, 7) is 3.58. The van der Waals surface area contributed by atoms with Gasteiger partial charge in [-0.3, -0.25) is 4.99 Å². The number of halogens is 1. The van der Waals surface area contributed by atoms with Crippen molar-refractivity contribution >= 4 is 45.4 Å². The van der Waals surface area contributed by atoms with Crippen LogP contribution in [0.25, 0.3) is 0 Å². The molecule has 0 radical (unpaired) electrons. The molecule has 2 aromatic rings. The Bertz CT molecular complexity index is 652. The van der Waals surface area contributed by atoms with Crippen molar-refractivity contribution in [1.82, 2.24) is 9.88 Å². The van der Waals surface area contributed by atoms with E-state index < -0.39 is 6.10 Å². The number of aromatic nitrogens is 1. The summed E-state index contributed by atoms with van der Waals surface area (Å²) in [4.78, 5) is 13.7. The molecule has 0 bridgehead atoms. The highest BCUT2D eigenvalue weighted by molar-refractivity contribution is 7.16. The highest BCUT2D eigenvalue weighted by atomic mass is 35.5. The smallest absolute Gasteiger partial charge is 0.191 e. The summed E-state index contributed by atoms with van der Waals surface area (Å²) < 4.78 is 0.661. The molecule has 1 fully saturated rings. The van der Waals surface area contributed by atoms with E-state index in [-0.39, 0.29) is 6.54 Å². The molecule has 1 atom stereocenters. The lowest BCUT2D eigenvalue weighted by Crippen LogP contribution is -2.51. The van der Waals surface area contributed by atoms with Gasteiger partial charge in [0.25, 0.3) is 0 Å². The fraction of sp³-hybridized carbons (Fsp3) is 0.429. The molecule has 124 valence electrons. The van der Waals surface area contributed by atoms with E-state index in [0.29, 0.717) is 10.3 Å². The Morgan fingerprint density at radius 2 is 2.17 bits per heavy atom. The lowest BCUT2D eigenvalue weighted by atomic mass is 10.3. The maximum atomic E-state index is 10.1. The van der Waals surface area contributed by atoms with Crippen molar-refractivity contribution in [3.8, 4) is 0 Å². The SMILES string of the molecule is NC(=NCC(O)c1ccc(Cl)s1)N1CCN(c2nccs2)CC1. The molecule has 1 aliphatic heterocycles. The average molecular weight is 372 g/mol. The van der Waals surface area contributed by atoms with Gasteiger partial charge in [0.2, 0.25) is 0 Å². The first-order valence-electron chi connectivity index (χ1n) is 7.26. The van der Waals surface area contributed by atoms with Gasteiger partial charge in [0.05, 0.1) is 10.9 Å². The number of thiazole rings is 1. The number of hydrogen-bond acceptors (Lipinski definition) is 6. The van der Waals surface area contributed by atoms with Gasteiger partial charge >= 0.3 is 0 Å². The molecule has 1 saturated heterocycles. The predicted molar refractivity (Wildman–Crippen MR) is 96.7 cm³/mol. The quantitative estimate of drug-likeness (QED) is 0.635. The van der Waals surface area contributed by atoms with E-state index in [1.165, 1.54) is 11.3 Å². The van der Waals surface area contributed by atoms with E-state index in [0.717, 1.165) is 36.2 Å². The second-order valence-corrected chi connectivity index (χ2v) is 7.77. The predicted octanol–water partition coefficient (Wildman–Crippen LogP) is 2.03. The van der Waals surface area contributed by atoms with Gasteiger partial charge in [0.15, 0.2) is 11.1 Å². The Morgan fingerprint density at radius 3 is 2.78 bits per heavy atom. The molecular weight excluding hydrogens is 354 g/mol. The zero-order valence-corrected chi connectivity index (χ0v) is 14.8. The lowest BCUT2D eigenvalue weighted by molar-refractivity contribution is 0.190. The van der Waals surface area contributed by atoms with Crippen LogP contribution in [0, 0.1) is 0 Å². The molecule has 3 heterocycles. The van der Waals surface area contributed by atoms with Gasteiger partial charge in [-0.1, -0.05) is 11.6 Å². The standard InChI is InChI=1S/C14H18ClN5OS2/c15-12-2-1-11(23-12)10(21)9-18-13(16)19-4-6-20(7-5-19)14-17-3-8-22-14/h1-3,8,10,21H,4-7,9H2,(H2,16,18). The average Bonchev–Trinajstić information content (AvgIpc) is 3.24. The molecule has 0 saturated carbocycles. The molecule has 9 heteroatoms. The number of hydrogen-bond donors (Lipinski definition) is 2. The van der Waals surface area contributed by atoms with Crippen LogP contribution < -0.4 is 10.6 Å². The summed E-state index contributed by atoms with van der Waals surface area (Å²) in [6.07, 6.45) is 1.16. The van der Waals surface area contributed by atoms with Crippen LogP contribution in [0.5, 0.6) is 0 Å². The van der Waals surface area contributed by atoms with E-state index in [4.69, 9.17) is 17.3 Å². The maximum absolute atomic E-state index is 10.1. The summed E-state index contributed by atoms with van der Waals surface area (Å²) in [5, 5.41) is 13.1. The fourth-order valence-corrected chi connectivity index (χ4v) is 4.11. The molecule has 1 aliphatic rings. The minimum absolute atomic E-state index is 0.245. The van der Waals surface area contributed by atoms with Crippen molar-refractivity contribution in [2.75, 3.05) is 37.6 Å². The number of aliphatic imine (C=N–C) groups is 1. The van der Waals surface area contributed by atoms with Crippen LogP contribution in [-0.2, 0) is 0 Å². The Labute approximate surface area is 147 Å². The Hall–Kier alpha value is -1.35. The topological polar surface area (TPSA) is 78.0 Å². The van der Waals surface area contributed by atoms with Crippen LogP contribution in [0.2, 0.25) is 4.34 Å². The van der Waals surface area contributed by atoms with Crippen LogP contribution in [0.1, 0.15) is 11.0 Å². The highest BCUT2D eigenvalue weighted by Crippen LogP contribution is 2.27. The minimum Gasteiger partial charge on any atom is -0.386 e. The van der Waals surface area contributed by atoms with Gasteiger partial charge in [-0.15, -0.1) is 22.7 Å². The van der Waals surface area contributed by atoms with Crippen molar-refractivity contribution < 1.29 is 5.11 Å². The largest absolute Gasteiger partial charge is 0.386 e. The molecule has 0 aromatic carbocycles. The summed E-state index contributed by atoms with van der Waals surface area (Å²) >= 11 is 8.88. The third-order valence-corrected chi connectivity index (χ3v) is 5.81. The van der Waals surface area contributed by atoms with Crippen LogP contribution in [-0.4, -0.2) is 53.7 Å². The molecule has 3 rings (SSSR count). The Morgan fingerprint density at radius 1 is 1.39 bits per heavy atom. The van der Waals surface area contributed by atoms with Crippen molar-refractivity contribution in [2.45, 2.75) is 6.10 Å². The summed E-state index contributed by atoms with van der Waals surface area (Å²) in [7, 11) is 0. The number of thiophene rings is 1. The molecule has 0 amide bonds. The molecule has 23 heavy (non-hydrogen) atoms. The minimum atomic E-state index is -0.664. The van der Waals surface area contributed by atoms with Crippen LogP contribution in [0.3, 0.4) is 0 Å². The number of rotatable bonds is 4. The van der Waals surface area contributed by atoms with E-state index in [9.17, 15) is 5.11 Å². The van der Waals surface area contributed by atoms with Gasteiger partial charge in [0.1, 0.15) is 6.10 Å². The number of aliphatic hydroxyl groups is 1. The molecule has 2 aromatic heterocycles. The number of nitrogens with zero attached hydrogens (tertiary/aromatic N) is 4. The second-order valence-electron chi connectivity index (χ2n) is 5.15. The number of piperazine rings is 1.